The Labute approximate surface area is 173 Å². The molecule has 156 valence electrons. The van der Waals surface area contributed by atoms with Crippen LogP contribution in [0.25, 0.3) is 11.3 Å². The molecule has 29 heavy (non-hydrogen) atoms. The van der Waals surface area contributed by atoms with Crippen molar-refractivity contribution in [3.05, 3.63) is 39.7 Å². The fourth-order valence-electron chi connectivity index (χ4n) is 4.05. The van der Waals surface area contributed by atoms with Gasteiger partial charge in [-0.2, -0.15) is 0 Å². The molecule has 8 nitrogen and oxygen atoms in total. The maximum absolute atomic E-state index is 12.3. The highest BCUT2D eigenvalue weighted by Gasteiger charge is 2.25. The molecule has 0 bridgehead atoms. The fraction of sp³-hybridized carbons (Fsp3) is 0.400. The van der Waals surface area contributed by atoms with Gasteiger partial charge < -0.3 is 30.2 Å². The molecule has 1 saturated heterocycles. The highest BCUT2D eigenvalue weighted by molar-refractivity contribution is 5.85. The van der Waals surface area contributed by atoms with Crippen molar-refractivity contribution in [1.82, 2.24) is 10.3 Å². The molecule has 4 rings (SSSR count). The second-order valence-corrected chi connectivity index (χ2v) is 7.14. The van der Waals surface area contributed by atoms with E-state index in [0.717, 1.165) is 62.3 Å². The summed E-state index contributed by atoms with van der Waals surface area (Å²) in [5.74, 6) is -0.958. The number of rotatable bonds is 2. The normalized spacial score (nSPS) is 15.9. The average molecular weight is 422 g/mol. The van der Waals surface area contributed by atoms with Gasteiger partial charge in [-0.05, 0) is 49.9 Å². The smallest absolute Gasteiger partial charge is 0.504 e. The minimum absolute atomic E-state index is 0. The van der Waals surface area contributed by atoms with Crippen LogP contribution in [0.15, 0.2) is 23.0 Å². The lowest BCUT2D eigenvalue weighted by Gasteiger charge is -2.24. The number of aromatic amines is 1. The van der Waals surface area contributed by atoms with E-state index in [2.05, 4.69) is 26.0 Å². The van der Waals surface area contributed by atoms with Gasteiger partial charge in [0.1, 0.15) is 0 Å². The third kappa shape index (κ3) is 4.18. The van der Waals surface area contributed by atoms with E-state index in [1.807, 2.05) is 12.1 Å². The van der Waals surface area contributed by atoms with E-state index in [1.165, 1.54) is 0 Å². The quantitative estimate of drug-likeness (QED) is 0.551. The summed E-state index contributed by atoms with van der Waals surface area (Å²) in [7, 11) is 0. The summed E-state index contributed by atoms with van der Waals surface area (Å²) >= 11 is 0. The maximum atomic E-state index is 12.3. The van der Waals surface area contributed by atoms with Crippen molar-refractivity contribution >= 4 is 24.2 Å². The summed E-state index contributed by atoms with van der Waals surface area (Å²) in [6.07, 6.45) is 1.56. The first-order valence-electron chi connectivity index (χ1n) is 9.52. The first-order chi connectivity index (χ1) is 13.5. The van der Waals surface area contributed by atoms with Crippen LogP contribution in [0.4, 0.5) is 10.5 Å². The Morgan fingerprint density at radius 2 is 1.97 bits per heavy atom. The molecule has 0 unspecified atom stereocenters. The van der Waals surface area contributed by atoms with Crippen molar-refractivity contribution in [3.63, 3.8) is 0 Å². The van der Waals surface area contributed by atoms with E-state index in [-0.39, 0.29) is 12.4 Å². The summed E-state index contributed by atoms with van der Waals surface area (Å²) < 4.78 is 4.49. The zero-order valence-electron chi connectivity index (χ0n) is 15.9. The third-order valence-corrected chi connectivity index (χ3v) is 5.37. The van der Waals surface area contributed by atoms with E-state index in [4.69, 9.17) is 5.11 Å². The summed E-state index contributed by atoms with van der Waals surface area (Å²) in [5, 5.41) is 22.7. The molecule has 1 aliphatic heterocycles. The standard InChI is InChI=1S/C20H23N3O5.ClH/c24-17-15-4-1-3-12-11-13(23-9-2-7-21-8-10-23)5-6-14(12)16(15)22-19(25)18(17)28-20(26)27;/h5-6,11,21H,1-4,7-10H2,(H,26,27)(H2,22,24,25);1H. The Morgan fingerprint density at radius 1 is 1.14 bits per heavy atom. The van der Waals surface area contributed by atoms with Crippen LogP contribution in [0.1, 0.15) is 24.0 Å². The van der Waals surface area contributed by atoms with Gasteiger partial charge in [0.05, 0.1) is 5.69 Å². The molecule has 0 spiro atoms. The van der Waals surface area contributed by atoms with Gasteiger partial charge in [-0.3, -0.25) is 4.79 Å². The summed E-state index contributed by atoms with van der Waals surface area (Å²) in [6, 6.07) is 6.17. The predicted octanol–water partition coefficient (Wildman–Crippen LogP) is 2.51. The first-order valence-corrected chi connectivity index (χ1v) is 9.52. The molecule has 4 N–H and O–H groups in total. The number of carbonyl (C=O) groups is 1. The van der Waals surface area contributed by atoms with Crippen LogP contribution >= 0.6 is 12.4 Å². The molecule has 1 aliphatic carbocycles. The number of pyridine rings is 1. The van der Waals surface area contributed by atoms with Gasteiger partial charge in [0.15, 0.2) is 5.75 Å². The molecule has 2 aromatic rings. The van der Waals surface area contributed by atoms with Crippen molar-refractivity contribution in [2.24, 2.45) is 0 Å². The predicted molar refractivity (Wildman–Crippen MR) is 112 cm³/mol. The van der Waals surface area contributed by atoms with E-state index >= 15 is 0 Å². The van der Waals surface area contributed by atoms with Crippen LogP contribution < -0.4 is 20.5 Å². The van der Waals surface area contributed by atoms with Crippen molar-refractivity contribution in [3.8, 4) is 22.8 Å². The number of aryl methyl sites for hydroxylation is 1. The highest BCUT2D eigenvalue weighted by Crippen LogP contribution is 2.39. The number of ether oxygens (including phenoxy) is 1. The number of nitrogens with one attached hydrogen (secondary N) is 2. The van der Waals surface area contributed by atoms with Crippen molar-refractivity contribution in [2.45, 2.75) is 25.7 Å². The zero-order chi connectivity index (χ0) is 19.7. The number of halogens is 1. The molecule has 0 amide bonds. The summed E-state index contributed by atoms with van der Waals surface area (Å²) in [5.41, 5.74) is 3.42. The van der Waals surface area contributed by atoms with Gasteiger partial charge in [-0.1, -0.05) is 6.07 Å². The Bertz CT molecular complexity index is 967. The molecule has 2 heterocycles. The molecule has 1 aromatic carbocycles. The lowest BCUT2D eigenvalue weighted by atomic mass is 10.00. The Kier molecular flexibility index (Phi) is 6.34. The van der Waals surface area contributed by atoms with Crippen LogP contribution in [0, 0.1) is 0 Å². The number of aromatic nitrogens is 1. The van der Waals surface area contributed by atoms with Crippen molar-refractivity contribution in [1.29, 1.82) is 0 Å². The lowest BCUT2D eigenvalue weighted by Crippen LogP contribution is -2.27. The molecule has 2 aliphatic rings. The maximum Gasteiger partial charge on any atom is 0.511 e. The number of aromatic hydroxyl groups is 1. The molecule has 1 fully saturated rings. The van der Waals surface area contributed by atoms with Crippen LogP contribution in [0.5, 0.6) is 11.5 Å². The van der Waals surface area contributed by atoms with E-state index < -0.39 is 23.2 Å². The summed E-state index contributed by atoms with van der Waals surface area (Å²) in [4.78, 5) is 28.2. The number of H-pyrrole nitrogens is 1. The van der Waals surface area contributed by atoms with Crippen molar-refractivity contribution < 1.29 is 19.7 Å². The minimum Gasteiger partial charge on any atom is -0.504 e. The number of hydrogen-bond donors (Lipinski definition) is 4. The number of carboxylic acid groups (broad SMARTS) is 1. The Morgan fingerprint density at radius 3 is 2.76 bits per heavy atom. The number of anilines is 1. The molecule has 1 aromatic heterocycles. The largest absolute Gasteiger partial charge is 0.511 e. The van der Waals surface area contributed by atoms with Gasteiger partial charge in [0, 0.05) is 36.4 Å². The minimum atomic E-state index is -1.63. The van der Waals surface area contributed by atoms with Gasteiger partial charge in [-0.15, -0.1) is 12.4 Å². The van der Waals surface area contributed by atoms with Gasteiger partial charge >= 0.3 is 6.16 Å². The van der Waals surface area contributed by atoms with Crippen LogP contribution in [0.3, 0.4) is 0 Å². The summed E-state index contributed by atoms with van der Waals surface area (Å²) in [6.45, 7) is 3.92. The Hall–Kier alpha value is -2.71. The molecule has 9 heteroatoms. The second-order valence-electron chi connectivity index (χ2n) is 7.14. The Balaban J connectivity index is 0.00000240. The van der Waals surface area contributed by atoms with Crippen LogP contribution in [-0.4, -0.2) is 47.5 Å². The third-order valence-electron chi connectivity index (χ3n) is 5.37. The molecule has 0 radical (unpaired) electrons. The van der Waals surface area contributed by atoms with E-state index in [0.29, 0.717) is 17.7 Å². The number of fused-ring (bicyclic) bond motifs is 3. The van der Waals surface area contributed by atoms with Crippen LogP contribution in [0.2, 0.25) is 0 Å². The fourth-order valence-corrected chi connectivity index (χ4v) is 4.05. The zero-order valence-corrected chi connectivity index (χ0v) is 16.7. The first kappa shape index (κ1) is 21.0. The molecule has 0 atom stereocenters. The molecule has 0 saturated carbocycles. The van der Waals surface area contributed by atoms with E-state index in [9.17, 15) is 14.7 Å². The monoisotopic (exact) mass is 421 g/mol. The SMILES string of the molecule is Cl.O=C(O)Oc1c(O)c2c([nH]c1=O)-c1ccc(N3CCCNCC3)cc1CCC2. The lowest BCUT2D eigenvalue weighted by molar-refractivity contribution is 0.142. The van der Waals surface area contributed by atoms with Gasteiger partial charge in [0.2, 0.25) is 5.75 Å². The highest BCUT2D eigenvalue weighted by atomic mass is 35.5. The molecular formula is C20H24ClN3O5. The van der Waals surface area contributed by atoms with Crippen LogP contribution in [-0.2, 0) is 12.8 Å². The topological polar surface area (TPSA) is 115 Å². The number of benzene rings is 1. The van der Waals surface area contributed by atoms with E-state index in [1.54, 1.807) is 0 Å². The average Bonchev–Trinajstić information content (AvgIpc) is 3.04. The number of hydrogen-bond acceptors (Lipinski definition) is 6. The number of nitrogens with zero attached hydrogens (tertiary/aromatic N) is 1. The van der Waals surface area contributed by atoms with Crippen molar-refractivity contribution in [2.75, 3.05) is 31.1 Å². The second kappa shape index (κ2) is 8.75. The van der Waals surface area contributed by atoms with Gasteiger partial charge in [0.25, 0.3) is 5.56 Å². The van der Waals surface area contributed by atoms with Gasteiger partial charge in [-0.25, -0.2) is 4.79 Å². The molecular weight excluding hydrogens is 398 g/mol.